The SMILES string of the molecule is Cc1nn(-c2ccccc2)c2c1C(C1CC1)N(C1CCN(C(=O)c3cccc(Cl)c3)CC1)C2=O. The van der Waals surface area contributed by atoms with Crippen molar-refractivity contribution in [3.05, 3.63) is 82.1 Å². The Hall–Kier alpha value is -3.12. The molecule has 1 saturated carbocycles. The van der Waals surface area contributed by atoms with Crippen LogP contribution in [-0.4, -0.2) is 50.5 Å². The average molecular weight is 475 g/mol. The maximum atomic E-state index is 13.9. The zero-order chi connectivity index (χ0) is 23.4. The molecule has 1 aromatic heterocycles. The van der Waals surface area contributed by atoms with Crippen LogP contribution in [0, 0.1) is 12.8 Å². The van der Waals surface area contributed by atoms with Crippen LogP contribution in [0.1, 0.15) is 63.8 Å². The van der Waals surface area contributed by atoms with Crippen LogP contribution in [0.15, 0.2) is 54.6 Å². The molecule has 34 heavy (non-hydrogen) atoms. The molecule has 0 N–H and O–H groups in total. The summed E-state index contributed by atoms with van der Waals surface area (Å²) in [5.74, 6) is 0.589. The minimum Gasteiger partial charge on any atom is -0.338 e. The fraction of sp³-hybridized carbons (Fsp3) is 0.370. The molecule has 1 saturated heterocycles. The van der Waals surface area contributed by atoms with E-state index in [0.717, 1.165) is 48.3 Å². The summed E-state index contributed by atoms with van der Waals surface area (Å²) in [7, 11) is 0. The summed E-state index contributed by atoms with van der Waals surface area (Å²) < 4.78 is 1.83. The molecule has 2 amide bonds. The van der Waals surface area contributed by atoms with Gasteiger partial charge in [0.05, 0.1) is 17.4 Å². The highest BCUT2D eigenvalue weighted by Gasteiger charge is 2.51. The molecular formula is C27H27ClN4O2. The van der Waals surface area contributed by atoms with Crippen molar-refractivity contribution in [2.45, 2.75) is 44.7 Å². The lowest BCUT2D eigenvalue weighted by Gasteiger charge is -2.40. The number of carbonyl (C=O) groups is 2. The molecular weight excluding hydrogens is 448 g/mol. The Kier molecular flexibility index (Phi) is 5.21. The second kappa shape index (κ2) is 8.27. The number of piperidine rings is 1. The monoisotopic (exact) mass is 474 g/mol. The van der Waals surface area contributed by atoms with E-state index in [1.165, 1.54) is 0 Å². The van der Waals surface area contributed by atoms with Gasteiger partial charge in [-0.2, -0.15) is 5.10 Å². The number of aryl methyl sites for hydroxylation is 1. The molecule has 0 radical (unpaired) electrons. The van der Waals surface area contributed by atoms with Gasteiger partial charge in [-0.15, -0.1) is 0 Å². The first-order valence-corrected chi connectivity index (χ1v) is 12.4. The molecule has 1 aliphatic carbocycles. The Morgan fingerprint density at radius 3 is 2.41 bits per heavy atom. The van der Waals surface area contributed by atoms with Crippen molar-refractivity contribution >= 4 is 23.4 Å². The molecule has 6 rings (SSSR count). The minimum absolute atomic E-state index is 0.00583. The standard InChI is InChI=1S/C27H27ClN4O2/c1-17-23-24(18-10-11-18)31(27(34)25(23)32(29-17)22-8-3-2-4-9-22)21-12-14-30(15-13-21)26(33)19-6-5-7-20(28)16-19/h2-9,16,18,21,24H,10-15H2,1H3. The lowest BCUT2D eigenvalue weighted by molar-refractivity contribution is 0.0425. The first-order chi connectivity index (χ1) is 16.5. The molecule has 2 aromatic carbocycles. The van der Waals surface area contributed by atoms with Gasteiger partial charge in [-0.25, -0.2) is 4.68 Å². The first kappa shape index (κ1) is 21.4. The highest BCUT2D eigenvalue weighted by atomic mass is 35.5. The molecule has 3 aliphatic rings. The summed E-state index contributed by atoms with van der Waals surface area (Å²) in [6.45, 7) is 3.30. The third kappa shape index (κ3) is 3.52. The molecule has 2 fully saturated rings. The van der Waals surface area contributed by atoms with Crippen LogP contribution < -0.4 is 0 Å². The molecule has 3 aromatic rings. The van der Waals surface area contributed by atoms with E-state index < -0.39 is 0 Å². The number of halogens is 1. The summed E-state index contributed by atoms with van der Waals surface area (Å²) in [5.41, 5.74) is 4.30. The minimum atomic E-state index is 0.00583. The maximum absolute atomic E-state index is 13.9. The van der Waals surface area contributed by atoms with E-state index in [1.807, 2.05) is 52.9 Å². The van der Waals surface area contributed by atoms with Crippen LogP contribution in [-0.2, 0) is 0 Å². The van der Waals surface area contributed by atoms with Gasteiger partial charge in [-0.3, -0.25) is 9.59 Å². The van der Waals surface area contributed by atoms with Gasteiger partial charge in [-0.05, 0) is 68.9 Å². The number of likely N-dealkylation sites (tertiary alicyclic amines) is 1. The highest BCUT2D eigenvalue weighted by molar-refractivity contribution is 6.30. The van der Waals surface area contributed by atoms with Crippen LogP contribution in [0.5, 0.6) is 0 Å². The van der Waals surface area contributed by atoms with Crippen molar-refractivity contribution in [3.8, 4) is 5.69 Å². The topological polar surface area (TPSA) is 58.4 Å². The van der Waals surface area contributed by atoms with E-state index in [1.54, 1.807) is 18.2 Å². The molecule has 3 heterocycles. The van der Waals surface area contributed by atoms with E-state index in [-0.39, 0.29) is 23.9 Å². The zero-order valence-corrected chi connectivity index (χ0v) is 19.9. The molecule has 1 unspecified atom stereocenters. The van der Waals surface area contributed by atoms with Gasteiger partial charge >= 0.3 is 0 Å². The van der Waals surface area contributed by atoms with E-state index in [0.29, 0.717) is 29.6 Å². The first-order valence-electron chi connectivity index (χ1n) is 12.1. The number of benzene rings is 2. The van der Waals surface area contributed by atoms with Crippen LogP contribution in [0.3, 0.4) is 0 Å². The van der Waals surface area contributed by atoms with Gasteiger partial charge in [0, 0.05) is 35.3 Å². The molecule has 6 nitrogen and oxygen atoms in total. The van der Waals surface area contributed by atoms with Crippen LogP contribution in [0.25, 0.3) is 5.69 Å². The fourth-order valence-corrected chi connectivity index (χ4v) is 5.85. The Bertz CT molecular complexity index is 1260. The normalized spacial score (nSPS) is 20.6. The number of amides is 2. The van der Waals surface area contributed by atoms with E-state index >= 15 is 0 Å². The number of para-hydroxylation sites is 1. The van der Waals surface area contributed by atoms with Gasteiger partial charge in [0.15, 0.2) is 0 Å². The number of nitrogens with zero attached hydrogens (tertiary/aromatic N) is 4. The predicted octanol–water partition coefficient (Wildman–Crippen LogP) is 5.05. The smallest absolute Gasteiger partial charge is 0.273 e. The van der Waals surface area contributed by atoms with Crippen molar-refractivity contribution in [1.82, 2.24) is 19.6 Å². The lowest BCUT2D eigenvalue weighted by atomic mass is 9.97. The molecule has 1 atom stereocenters. The Labute approximate surface area is 204 Å². The molecule has 0 spiro atoms. The number of fused-ring (bicyclic) bond motifs is 1. The summed E-state index contributed by atoms with van der Waals surface area (Å²) >= 11 is 6.09. The van der Waals surface area contributed by atoms with Crippen LogP contribution in [0.2, 0.25) is 5.02 Å². The largest absolute Gasteiger partial charge is 0.338 e. The molecule has 174 valence electrons. The van der Waals surface area contributed by atoms with Gasteiger partial charge in [0.2, 0.25) is 0 Å². The summed E-state index contributed by atoms with van der Waals surface area (Å²) in [5, 5.41) is 5.34. The maximum Gasteiger partial charge on any atom is 0.273 e. The third-order valence-electron chi connectivity index (χ3n) is 7.43. The summed E-state index contributed by atoms with van der Waals surface area (Å²) in [6.07, 6.45) is 3.86. The molecule has 7 heteroatoms. The van der Waals surface area contributed by atoms with E-state index in [4.69, 9.17) is 16.7 Å². The highest BCUT2D eigenvalue weighted by Crippen LogP contribution is 2.52. The number of aromatic nitrogens is 2. The van der Waals surface area contributed by atoms with Crippen molar-refractivity contribution in [3.63, 3.8) is 0 Å². The van der Waals surface area contributed by atoms with E-state index in [2.05, 4.69) is 4.90 Å². The molecule has 2 aliphatic heterocycles. The Morgan fingerprint density at radius 1 is 1.00 bits per heavy atom. The second-order valence-electron chi connectivity index (χ2n) is 9.62. The number of carbonyl (C=O) groups excluding carboxylic acids is 2. The Balaban J connectivity index is 1.26. The van der Waals surface area contributed by atoms with Crippen molar-refractivity contribution in [2.75, 3.05) is 13.1 Å². The average Bonchev–Trinajstić information content (AvgIpc) is 3.58. The van der Waals surface area contributed by atoms with E-state index in [9.17, 15) is 9.59 Å². The van der Waals surface area contributed by atoms with Gasteiger partial charge < -0.3 is 9.80 Å². The van der Waals surface area contributed by atoms with Crippen molar-refractivity contribution in [1.29, 1.82) is 0 Å². The third-order valence-corrected chi connectivity index (χ3v) is 7.66. The number of hydrogen-bond acceptors (Lipinski definition) is 3. The number of rotatable bonds is 4. The second-order valence-corrected chi connectivity index (χ2v) is 10.1. The van der Waals surface area contributed by atoms with Crippen molar-refractivity contribution < 1.29 is 9.59 Å². The molecule has 0 bridgehead atoms. The van der Waals surface area contributed by atoms with Gasteiger partial charge in [0.1, 0.15) is 5.69 Å². The van der Waals surface area contributed by atoms with Gasteiger partial charge in [-0.1, -0.05) is 35.9 Å². The lowest BCUT2D eigenvalue weighted by Crippen LogP contribution is -2.48. The summed E-state index contributed by atoms with van der Waals surface area (Å²) in [6, 6.07) is 17.2. The van der Waals surface area contributed by atoms with Crippen LogP contribution in [0.4, 0.5) is 0 Å². The quantitative estimate of drug-likeness (QED) is 0.532. The Morgan fingerprint density at radius 2 is 1.74 bits per heavy atom. The zero-order valence-electron chi connectivity index (χ0n) is 19.2. The summed E-state index contributed by atoms with van der Waals surface area (Å²) in [4.78, 5) is 30.9. The van der Waals surface area contributed by atoms with Crippen LogP contribution >= 0.6 is 11.6 Å². The van der Waals surface area contributed by atoms with Gasteiger partial charge in [0.25, 0.3) is 11.8 Å². The predicted molar refractivity (Wildman–Crippen MR) is 130 cm³/mol. The fourth-order valence-electron chi connectivity index (χ4n) is 5.66. The van der Waals surface area contributed by atoms with Crippen molar-refractivity contribution in [2.24, 2.45) is 5.92 Å². The number of hydrogen-bond donors (Lipinski definition) is 0.